The fourth-order valence-corrected chi connectivity index (χ4v) is 3.08. The second-order valence-electron chi connectivity index (χ2n) is 5.57. The molecule has 1 amide bonds. The standard InChI is InChI=1S/C19H18FN3O2S/c1-14(24)16-5-6-18(17(20)10-16)26-13-19(25)23(9-3-7-21)12-15-4-2-8-22-11-15/h2,4-6,8,10-11H,3,9,12-13H2,1H3. The van der Waals surface area contributed by atoms with Crippen molar-refractivity contribution in [2.75, 3.05) is 12.3 Å². The van der Waals surface area contributed by atoms with E-state index in [1.807, 2.05) is 12.1 Å². The number of thioether (sulfide) groups is 1. The first-order valence-corrected chi connectivity index (χ1v) is 8.96. The minimum absolute atomic E-state index is 0.0437. The number of ketones is 1. The Kier molecular flexibility index (Phi) is 7.30. The molecule has 0 saturated heterocycles. The normalized spacial score (nSPS) is 10.2. The van der Waals surface area contributed by atoms with E-state index in [0.29, 0.717) is 23.5 Å². The van der Waals surface area contributed by atoms with Crippen LogP contribution in [0.25, 0.3) is 0 Å². The van der Waals surface area contributed by atoms with Crippen LogP contribution >= 0.6 is 11.8 Å². The maximum absolute atomic E-state index is 14.1. The average molecular weight is 371 g/mol. The summed E-state index contributed by atoms with van der Waals surface area (Å²) < 4.78 is 14.1. The second-order valence-corrected chi connectivity index (χ2v) is 6.59. The van der Waals surface area contributed by atoms with Crippen LogP contribution in [-0.4, -0.2) is 33.9 Å². The number of benzene rings is 1. The minimum atomic E-state index is -0.522. The number of aromatic nitrogens is 1. The number of nitriles is 1. The van der Waals surface area contributed by atoms with Crippen LogP contribution in [0.2, 0.25) is 0 Å². The Labute approximate surface area is 155 Å². The molecule has 0 N–H and O–H groups in total. The second kappa shape index (κ2) is 9.68. The highest BCUT2D eigenvalue weighted by Gasteiger charge is 2.16. The number of halogens is 1. The van der Waals surface area contributed by atoms with Crippen molar-refractivity contribution in [3.05, 3.63) is 59.7 Å². The summed E-state index contributed by atoms with van der Waals surface area (Å²) in [6, 6.07) is 9.89. The lowest BCUT2D eigenvalue weighted by molar-refractivity contribution is -0.128. The zero-order valence-corrected chi connectivity index (χ0v) is 15.1. The van der Waals surface area contributed by atoms with Gasteiger partial charge in [-0.25, -0.2) is 4.39 Å². The summed E-state index contributed by atoms with van der Waals surface area (Å²) in [5.74, 6) is -0.881. The Morgan fingerprint density at radius 2 is 2.15 bits per heavy atom. The maximum atomic E-state index is 14.1. The molecular formula is C19H18FN3O2S. The van der Waals surface area contributed by atoms with Crippen LogP contribution in [0.1, 0.15) is 29.3 Å². The fourth-order valence-electron chi connectivity index (χ4n) is 2.26. The SMILES string of the molecule is CC(=O)c1ccc(SCC(=O)N(CCC#N)Cc2cccnc2)c(F)c1. The van der Waals surface area contributed by atoms with Crippen molar-refractivity contribution in [3.8, 4) is 6.07 Å². The number of carbonyl (C=O) groups excluding carboxylic acids is 2. The zero-order valence-electron chi connectivity index (χ0n) is 14.3. The van der Waals surface area contributed by atoms with Crippen LogP contribution < -0.4 is 0 Å². The Hall–Kier alpha value is -2.72. The molecule has 0 unspecified atom stereocenters. The average Bonchev–Trinajstić information content (AvgIpc) is 2.64. The van der Waals surface area contributed by atoms with E-state index in [0.717, 1.165) is 17.3 Å². The van der Waals surface area contributed by atoms with E-state index in [1.54, 1.807) is 29.4 Å². The first-order chi connectivity index (χ1) is 12.5. The summed E-state index contributed by atoms with van der Waals surface area (Å²) in [7, 11) is 0. The third-order valence-electron chi connectivity index (χ3n) is 3.63. The fraction of sp³-hybridized carbons (Fsp3) is 0.263. The molecule has 2 aromatic rings. The summed E-state index contributed by atoms with van der Waals surface area (Å²) >= 11 is 1.07. The predicted octanol–water partition coefficient (Wildman–Crippen LogP) is 3.46. The summed E-state index contributed by atoms with van der Waals surface area (Å²) in [6.07, 6.45) is 3.53. The van der Waals surface area contributed by atoms with Gasteiger partial charge in [0, 0.05) is 35.9 Å². The third-order valence-corrected chi connectivity index (χ3v) is 4.67. The smallest absolute Gasteiger partial charge is 0.233 e. The van der Waals surface area contributed by atoms with Crippen molar-refractivity contribution < 1.29 is 14.0 Å². The molecule has 0 fully saturated rings. The van der Waals surface area contributed by atoms with E-state index >= 15 is 0 Å². The third kappa shape index (κ3) is 5.67. The lowest BCUT2D eigenvalue weighted by Crippen LogP contribution is -2.32. The van der Waals surface area contributed by atoms with Gasteiger partial charge in [-0.1, -0.05) is 12.1 Å². The number of rotatable bonds is 8. The molecule has 0 aliphatic heterocycles. The predicted molar refractivity (Wildman–Crippen MR) is 97.0 cm³/mol. The Bertz CT molecular complexity index is 821. The van der Waals surface area contributed by atoms with E-state index in [4.69, 9.17) is 5.26 Å². The van der Waals surface area contributed by atoms with E-state index in [9.17, 15) is 14.0 Å². The van der Waals surface area contributed by atoms with Crippen molar-refractivity contribution in [1.29, 1.82) is 5.26 Å². The summed E-state index contributed by atoms with van der Waals surface area (Å²) in [6.45, 7) is 2.02. The first kappa shape index (κ1) is 19.6. The molecule has 1 aromatic heterocycles. The molecule has 134 valence electrons. The van der Waals surface area contributed by atoms with Crippen molar-refractivity contribution in [2.45, 2.75) is 24.8 Å². The molecule has 0 radical (unpaired) electrons. The summed E-state index contributed by atoms with van der Waals surface area (Å²) in [5.41, 5.74) is 1.16. The molecule has 0 aliphatic rings. The minimum Gasteiger partial charge on any atom is -0.337 e. The number of hydrogen-bond donors (Lipinski definition) is 0. The highest BCUT2D eigenvalue weighted by molar-refractivity contribution is 8.00. The lowest BCUT2D eigenvalue weighted by atomic mass is 10.1. The molecule has 0 spiro atoms. The molecule has 2 rings (SSSR count). The van der Waals surface area contributed by atoms with Gasteiger partial charge in [0.15, 0.2) is 5.78 Å². The molecule has 0 bridgehead atoms. The van der Waals surface area contributed by atoms with Gasteiger partial charge < -0.3 is 4.90 Å². The van der Waals surface area contributed by atoms with Gasteiger partial charge in [0.2, 0.25) is 5.91 Å². The topological polar surface area (TPSA) is 74.1 Å². The number of carbonyl (C=O) groups is 2. The van der Waals surface area contributed by atoms with Crippen molar-refractivity contribution in [1.82, 2.24) is 9.88 Å². The van der Waals surface area contributed by atoms with Crippen LogP contribution in [0, 0.1) is 17.1 Å². The number of hydrogen-bond acceptors (Lipinski definition) is 5. The van der Waals surface area contributed by atoms with Crippen LogP contribution in [0.15, 0.2) is 47.6 Å². The lowest BCUT2D eigenvalue weighted by Gasteiger charge is -2.21. The highest BCUT2D eigenvalue weighted by atomic mass is 32.2. The van der Waals surface area contributed by atoms with Crippen molar-refractivity contribution in [2.24, 2.45) is 0 Å². The molecule has 26 heavy (non-hydrogen) atoms. The van der Waals surface area contributed by atoms with Gasteiger partial charge in [-0.2, -0.15) is 5.26 Å². The van der Waals surface area contributed by atoms with Gasteiger partial charge in [0.1, 0.15) is 5.82 Å². The molecule has 7 heteroatoms. The Morgan fingerprint density at radius 1 is 1.35 bits per heavy atom. The van der Waals surface area contributed by atoms with Gasteiger partial charge >= 0.3 is 0 Å². The van der Waals surface area contributed by atoms with Crippen molar-refractivity contribution >= 4 is 23.5 Å². The van der Waals surface area contributed by atoms with Gasteiger partial charge in [-0.05, 0) is 30.7 Å². The molecule has 1 heterocycles. The monoisotopic (exact) mass is 371 g/mol. The van der Waals surface area contributed by atoms with Gasteiger partial charge in [0.25, 0.3) is 0 Å². The Morgan fingerprint density at radius 3 is 2.77 bits per heavy atom. The quantitative estimate of drug-likeness (QED) is 0.525. The van der Waals surface area contributed by atoms with Crippen LogP contribution in [0.4, 0.5) is 4.39 Å². The van der Waals surface area contributed by atoms with E-state index < -0.39 is 5.82 Å². The molecule has 1 aromatic carbocycles. The van der Waals surface area contributed by atoms with Crippen LogP contribution in [0.3, 0.4) is 0 Å². The number of nitrogens with zero attached hydrogens (tertiary/aromatic N) is 3. The zero-order chi connectivity index (χ0) is 18.9. The number of amides is 1. The van der Waals surface area contributed by atoms with Crippen LogP contribution in [0.5, 0.6) is 0 Å². The maximum Gasteiger partial charge on any atom is 0.233 e. The first-order valence-electron chi connectivity index (χ1n) is 7.98. The molecule has 0 atom stereocenters. The summed E-state index contributed by atoms with van der Waals surface area (Å²) in [4.78, 5) is 29.7. The van der Waals surface area contributed by atoms with E-state index in [-0.39, 0.29) is 23.9 Å². The van der Waals surface area contributed by atoms with E-state index in [1.165, 1.54) is 19.1 Å². The molecular weight excluding hydrogens is 353 g/mol. The van der Waals surface area contributed by atoms with Crippen LogP contribution in [-0.2, 0) is 11.3 Å². The summed E-state index contributed by atoms with van der Waals surface area (Å²) in [5, 5.41) is 8.80. The van der Waals surface area contributed by atoms with Gasteiger partial charge in [0.05, 0.1) is 18.2 Å². The molecule has 5 nitrogen and oxygen atoms in total. The molecule has 0 aliphatic carbocycles. The number of Topliss-reactive ketones (excluding diaryl/α,β-unsaturated/α-hetero) is 1. The van der Waals surface area contributed by atoms with Crippen molar-refractivity contribution in [3.63, 3.8) is 0 Å². The Balaban J connectivity index is 2.02. The highest BCUT2D eigenvalue weighted by Crippen LogP contribution is 2.23. The molecule has 0 saturated carbocycles. The van der Waals surface area contributed by atoms with Gasteiger partial charge in [-0.15, -0.1) is 11.8 Å². The van der Waals surface area contributed by atoms with Gasteiger partial charge in [-0.3, -0.25) is 14.6 Å². The number of pyridine rings is 1. The van der Waals surface area contributed by atoms with E-state index in [2.05, 4.69) is 4.98 Å². The largest absolute Gasteiger partial charge is 0.337 e.